The Morgan fingerprint density at radius 2 is 0.889 bits per heavy atom. The van der Waals surface area contributed by atoms with Crippen molar-refractivity contribution in [1.82, 2.24) is 34.7 Å². The van der Waals surface area contributed by atoms with E-state index in [1.165, 1.54) is 77.8 Å². The number of rotatable bonds is 6. The molecule has 3 amide bonds. The monoisotopic (exact) mass is 770 g/mol. The van der Waals surface area contributed by atoms with Crippen molar-refractivity contribution >= 4 is 11.9 Å². The molecule has 1 N–H and O–H groups in total. The van der Waals surface area contributed by atoms with Gasteiger partial charge < -0.3 is 24.9 Å². The Kier molecular flexibility index (Phi) is 30.4. The number of carbonyl (C=O) groups excluding carboxylic acids is 2. The second-order valence-electron chi connectivity index (χ2n) is 17.2. The Morgan fingerprint density at radius 1 is 0.481 bits per heavy atom. The summed E-state index contributed by atoms with van der Waals surface area (Å²) in [5.41, 5.74) is 0. The zero-order valence-corrected chi connectivity index (χ0v) is 33.8. The highest BCUT2D eigenvalue weighted by molar-refractivity contribution is 5.78. The fourth-order valence-corrected chi connectivity index (χ4v) is 8.44. The van der Waals surface area contributed by atoms with Crippen LogP contribution in [0.1, 0.15) is 164 Å². The minimum absolute atomic E-state index is 0. The van der Waals surface area contributed by atoms with E-state index in [4.69, 9.17) is 0 Å². The minimum atomic E-state index is 0. The van der Waals surface area contributed by atoms with E-state index in [0.717, 1.165) is 75.9 Å². The van der Waals surface area contributed by atoms with Gasteiger partial charge in [-0.2, -0.15) is 0 Å². The fourth-order valence-electron chi connectivity index (χ4n) is 8.44. The predicted octanol–water partition coefficient (Wildman–Crippen LogP) is 9.41. The third kappa shape index (κ3) is 18.7. The molecular formula is C45H99N7O2. The molecule has 4 unspecified atom stereocenters. The van der Waals surface area contributed by atoms with Crippen LogP contribution in [0.2, 0.25) is 0 Å². The Labute approximate surface area is 339 Å². The van der Waals surface area contributed by atoms with Gasteiger partial charge in [-0.3, -0.25) is 14.6 Å². The summed E-state index contributed by atoms with van der Waals surface area (Å²) < 4.78 is 0. The van der Waals surface area contributed by atoms with Crippen LogP contribution in [0.15, 0.2) is 0 Å². The molecule has 0 saturated carbocycles. The van der Waals surface area contributed by atoms with E-state index in [0.29, 0.717) is 30.1 Å². The van der Waals surface area contributed by atoms with Crippen LogP contribution >= 0.6 is 0 Å². The van der Waals surface area contributed by atoms with E-state index in [-0.39, 0.29) is 43.2 Å². The molecule has 6 rings (SSSR count). The van der Waals surface area contributed by atoms with Crippen LogP contribution in [-0.2, 0) is 4.79 Å². The second-order valence-corrected chi connectivity index (χ2v) is 17.2. The lowest BCUT2D eigenvalue weighted by molar-refractivity contribution is -0.130. The maximum atomic E-state index is 11.7. The summed E-state index contributed by atoms with van der Waals surface area (Å²) >= 11 is 0. The quantitative estimate of drug-likeness (QED) is 0.291. The molecule has 0 aromatic heterocycles. The van der Waals surface area contributed by atoms with Gasteiger partial charge in [0.15, 0.2) is 0 Å². The predicted molar refractivity (Wildman–Crippen MR) is 240 cm³/mol. The van der Waals surface area contributed by atoms with Gasteiger partial charge in [0.25, 0.3) is 0 Å². The van der Waals surface area contributed by atoms with Crippen molar-refractivity contribution in [3.05, 3.63) is 0 Å². The van der Waals surface area contributed by atoms with Gasteiger partial charge in [0, 0.05) is 88.5 Å². The lowest BCUT2D eigenvalue weighted by Crippen LogP contribution is -2.50. The van der Waals surface area contributed by atoms with Crippen LogP contribution < -0.4 is 5.32 Å². The number of likely N-dealkylation sites (tertiary alicyclic amines) is 5. The van der Waals surface area contributed by atoms with Crippen molar-refractivity contribution in [2.45, 2.75) is 200 Å². The van der Waals surface area contributed by atoms with Crippen LogP contribution in [0.5, 0.6) is 0 Å². The number of hydrogen-bond donors (Lipinski definition) is 1. The fraction of sp³-hybridized carbons (Fsp3) is 0.956. The highest BCUT2D eigenvalue weighted by Crippen LogP contribution is 2.23. The van der Waals surface area contributed by atoms with Gasteiger partial charge in [-0.1, -0.05) is 51.0 Å². The van der Waals surface area contributed by atoms with Crippen molar-refractivity contribution in [1.29, 1.82) is 0 Å². The number of hydrogen-bond acceptors (Lipinski definition) is 6. The summed E-state index contributed by atoms with van der Waals surface area (Å²) in [6.07, 6.45) is 10.9. The summed E-state index contributed by atoms with van der Waals surface area (Å²) in [6.45, 7) is 35.3. The summed E-state index contributed by atoms with van der Waals surface area (Å²) in [5, 5.41) is 2.88. The van der Waals surface area contributed by atoms with E-state index < -0.39 is 0 Å². The van der Waals surface area contributed by atoms with Gasteiger partial charge in [-0.15, -0.1) is 0 Å². The molecule has 0 aliphatic carbocycles. The Morgan fingerprint density at radius 3 is 1.22 bits per heavy atom. The molecule has 6 aliphatic rings. The van der Waals surface area contributed by atoms with Crippen molar-refractivity contribution in [2.24, 2.45) is 11.8 Å². The number of piperidine rings is 3. The topological polar surface area (TPSA) is 65.6 Å². The first-order chi connectivity index (χ1) is 23.3. The molecule has 9 heteroatoms. The first kappa shape index (κ1) is 56.9. The van der Waals surface area contributed by atoms with Crippen molar-refractivity contribution in [2.75, 3.05) is 72.0 Å². The number of amides is 3. The summed E-state index contributed by atoms with van der Waals surface area (Å²) in [7, 11) is 0. The molecule has 0 radical (unpaired) electrons. The Bertz CT molecular complexity index is 910. The average molecular weight is 770 g/mol. The van der Waals surface area contributed by atoms with Gasteiger partial charge in [0.05, 0.1) is 0 Å². The first-order valence-corrected chi connectivity index (χ1v) is 20.6. The molecular weight excluding hydrogens is 671 g/mol. The summed E-state index contributed by atoms with van der Waals surface area (Å²) in [4.78, 5) is 37.4. The smallest absolute Gasteiger partial charge is 0.317 e. The first-order valence-electron chi connectivity index (χ1n) is 20.6. The van der Waals surface area contributed by atoms with Crippen molar-refractivity contribution in [3.8, 4) is 0 Å². The standard InChI is InChI=1S/C12H22N2O.C11H21N3O.C9H19N.C8H17N.5CH4/c1-10(2)13-7-3-5-11(9-13)14-8-4-6-12(14)15;1-9(2)13-6-3-4-10(8-13)14-7-5-12-11(14)15;1-8(2)10-6-4-5-9(3)7-10;1-7(2)9-5-4-8(3)6-9;;;;;/h10-11H,3-9H2,1-2H3;9-10H,3-8H2,1-2H3,(H,12,15);8-9H,4-7H2,1-3H3;7-8H,4-6H2,1-3H3;5*1H4. The number of urea groups is 1. The maximum absolute atomic E-state index is 11.7. The molecule has 6 heterocycles. The van der Waals surface area contributed by atoms with Crippen LogP contribution in [0.25, 0.3) is 0 Å². The van der Waals surface area contributed by atoms with Crippen LogP contribution in [0.4, 0.5) is 4.79 Å². The Hall–Kier alpha value is -1.42. The lowest BCUT2D eigenvalue weighted by Gasteiger charge is -2.39. The van der Waals surface area contributed by atoms with E-state index in [9.17, 15) is 9.59 Å². The molecule has 4 atom stereocenters. The normalized spacial score (nSPS) is 26.5. The molecule has 326 valence electrons. The third-order valence-electron chi connectivity index (χ3n) is 11.8. The molecule has 9 nitrogen and oxygen atoms in total. The zero-order chi connectivity index (χ0) is 36.1. The SMILES string of the molecule is C.C.C.C.C.CC(C)N1CCCC(N2CCCC2=O)C1.CC(C)N1CCCC(N2CCNC2=O)C1.CC1CCCN(C(C)C)C1.CC1CCN(C(C)C)C1. The highest BCUT2D eigenvalue weighted by Gasteiger charge is 2.33. The van der Waals surface area contributed by atoms with E-state index in [1.807, 2.05) is 4.90 Å². The van der Waals surface area contributed by atoms with Crippen LogP contribution in [0, 0.1) is 11.8 Å². The molecule has 0 bridgehead atoms. The van der Waals surface area contributed by atoms with Gasteiger partial charge in [0.2, 0.25) is 5.91 Å². The highest BCUT2D eigenvalue weighted by atomic mass is 16.2. The second kappa shape index (κ2) is 28.9. The van der Waals surface area contributed by atoms with Crippen molar-refractivity contribution in [3.63, 3.8) is 0 Å². The van der Waals surface area contributed by atoms with E-state index in [2.05, 4.69) is 99.1 Å². The van der Waals surface area contributed by atoms with Gasteiger partial charge in [-0.25, -0.2) is 4.79 Å². The lowest BCUT2D eigenvalue weighted by atomic mass is 9.99. The molecule has 0 spiro atoms. The number of carbonyl (C=O) groups is 2. The van der Waals surface area contributed by atoms with Crippen LogP contribution in [-0.4, -0.2) is 150 Å². The summed E-state index contributed by atoms with van der Waals surface area (Å²) in [6, 6.07) is 3.78. The molecule has 6 fully saturated rings. The maximum Gasteiger partial charge on any atom is 0.317 e. The zero-order valence-electron chi connectivity index (χ0n) is 33.8. The van der Waals surface area contributed by atoms with Gasteiger partial charge in [0.1, 0.15) is 0 Å². The Balaban J connectivity index is -0.000000636. The largest absolute Gasteiger partial charge is 0.338 e. The molecule has 6 aliphatic heterocycles. The van der Waals surface area contributed by atoms with E-state index >= 15 is 0 Å². The molecule has 0 aromatic carbocycles. The van der Waals surface area contributed by atoms with Crippen LogP contribution in [0.3, 0.4) is 0 Å². The molecule has 0 aromatic rings. The summed E-state index contributed by atoms with van der Waals surface area (Å²) in [5.74, 6) is 2.24. The van der Waals surface area contributed by atoms with Gasteiger partial charge >= 0.3 is 6.03 Å². The van der Waals surface area contributed by atoms with Gasteiger partial charge in [-0.05, 0) is 145 Å². The molecule has 54 heavy (non-hydrogen) atoms. The number of nitrogens with zero attached hydrogens (tertiary/aromatic N) is 6. The van der Waals surface area contributed by atoms with E-state index in [1.54, 1.807) is 0 Å². The third-order valence-corrected chi connectivity index (χ3v) is 11.8. The molecule has 6 saturated heterocycles. The average Bonchev–Trinajstić information content (AvgIpc) is 3.83. The van der Waals surface area contributed by atoms with Crippen molar-refractivity contribution < 1.29 is 9.59 Å². The number of nitrogens with one attached hydrogen (secondary N) is 1. The minimum Gasteiger partial charge on any atom is -0.338 e.